The van der Waals surface area contributed by atoms with Crippen LogP contribution in [0.1, 0.15) is 6.42 Å². The number of likely N-dealkylation sites (N-methyl/N-ethyl adjacent to an activating group) is 1. The van der Waals surface area contributed by atoms with Gasteiger partial charge in [-0.25, -0.2) is 12.8 Å². The molecule has 1 fully saturated rings. The van der Waals surface area contributed by atoms with E-state index in [1.165, 1.54) is 22.5 Å². The van der Waals surface area contributed by atoms with E-state index < -0.39 is 15.8 Å². The summed E-state index contributed by atoms with van der Waals surface area (Å²) in [5, 5.41) is 2.75. The fourth-order valence-electron chi connectivity index (χ4n) is 3.10. The van der Waals surface area contributed by atoms with Gasteiger partial charge in [-0.1, -0.05) is 12.1 Å². The van der Waals surface area contributed by atoms with E-state index in [4.69, 9.17) is 4.74 Å². The maximum Gasteiger partial charge on any atom is 0.246 e. The Morgan fingerprint density at radius 1 is 1.17 bits per heavy atom. The fourth-order valence-corrected chi connectivity index (χ4v) is 4.59. The molecule has 0 aliphatic carbocycles. The highest BCUT2D eigenvalue weighted by Crippen LogP contribution is 2.20. The van der Waals surface area contributed by atoms with Crippen LogP contribution in [0.3, 0.4) is 0 Å². The molecule has 0 saturated carbocycles. The predicted molar refractivity (Wildman–Crippen MR) is 109 cm³/mol. The van der Waals surface area contributed by atoms with Crippen molar-refractivity contribution in [1.29, 1.82) is 0 Å². The second kappa shape index (κ2) is 11.3. The third-order valence-corrected chi connectivity index (χ3v) is 6.64. The number of halogens is 1. The molecule has 1 heterocycles. The Kier molecular flexibility index (Phi) is 9.15. The molecule has 2 rings (SSSR count). The summed E-state index contributed by atoms with van der Waals surface area (Å²) in [7, 11) is -0.680. The summed E-state index contributed by atoms with van der Waals surface area (Å²) in [6, 6.07) is 5.24. The van der Waals surface area contributed by atoms with Gasteiger partial charge in [-0.3, -0.25) is 14.5 Å². The van der Waals surface area contributed by atoms with E-state index in [-0.39, 0.29) is 56.0 Å². The zero-order valence-corrected chi connectivity index (χ0v) is 18.2. The van der Waals surface area contributed by atoms with Crippen molar-refractivity contribution < 1.29 is 27.1 Å². The van der Waals surface area contributed by atoms with E-state index in [1.54, 1.807) is 24.0 Å². The first-order chi connectivity index (χ1) is 14.3. The van der Waals surface area contributed by atoms with E-state index in [2.05, 4.69) is 5.32 Å². The van der Waals surface area contributed by atoms with Crippen LogP contribution in [0.2, 0.25) is 0 Å². The summed E-state index contributed by atoms with van der Waals surface area (Å²) in [5.41, 5.74) is 0. The fraction of sp³-hybridized carbons (Fsp3) is 0.579. The minimum absolute atomic E-state index is 0.0472. The molecule has 30 heavy (non-hydrogen) atoms. The lowest BCUT2D eigenvalue weighted by Crippen LogP contribution is -2.52. The number of piperazine rings is 1. The van der Waals surface area contributed by atoms with Crippen LogP contribution < -0.4 is 5.32 Å². The highest BCUT2D eigenvalue weighted by molar-refractivity contribution is 7.89. The molecule has 0 radical (unpaired) electrons. The van der Waals surface area contributed by atoms with Gasteiger partial charge in [0.15, 0.2) is 0 Å². The van der Waals surface area contributed by atoms with Crippen LogP contribution in [-0.2, 0) is 24.3 Å². The Morgan fingerprint density at radius 3 is 2.47 bits per heavy atom. The van der Waals surface area contributed by atoms with Crippen molar-refractivity contribution in [2.24, 2.45) is 0 Å². The van der Waals surface area contributed by atoms with Gasteiger partial charge in [0.2, 0.25) is 21.8 Å². The average Bonchev–Trinajstić information content (AvgIpc) is 2.71. The Labute approximate surface area is 176 Å². The number of rotatable bonds is 10. The number of benzene rings is 1. The first-order valence-electron chi connectivity index (χ1n) is 9.72. The quantitative estimate of drug-likeness (QED) is 0.500. The number of amides is 2. The molecule has 11 heteroatoms. The van der Waals surface area contributed by atoms with E-state index in [1.807, 2.05) is 0 Å². The molecule has 0 bridgehead atoms. The van der Waals surface area contributed by atoms with Gasteiger partial charge in [-0.05, 0) is 25.6 Å². The monoisotopic (exact) mass is 444 g/mol. The lowest BCUT2D eigenvalue weighted by atomic mass is 10.3. The zero-order chi connectivity index (χ0) is 22.1. The molecule has 0 aromatic heterocycles. The molecular weight excluding hydrogens is 415 g/mol. The van der Waals surface area contributed by atoms with E-state index in [0.717, 1.165) is 6.07 Å². The van der Waals surface area contributed by atoms with Crippen molar-refractivity contribution in [3.05, 3.63) is 30.1 Å². The van der Waals surface area contributed by atoms with Crippen molar-refractivity contribution in [1.82, 2.24) is 19.4 Å². The van der Waals surface area contributed by atoms with Gasteiger partial charge >= 0.3 is 0 Å². The third-order valence-electron chi connectivity index (χ3n) is 4.71. The van der Waals surface area contributed by atoms with Gasteiger partial charge in [-0.15, -0.1) is 0 Å². The standard InChI is InChI=1S/C19H29FN4O5S/c1-22(14-18(25)21-8-5-13-29-2)15-19(26)23-9-11-24(12-10-23)30(27,28)17-7-4-3-6-16(17)20/h3-4,6-7H,5,8-15H2,1-2H3,(H,21,25). The van der Waals surface area contributed by atoms with Gasteiger partial charge in [0.05, 0.1) is 13.1 Å². The van der Waals surface area contributed by atoms with Gasteiger partial charge in [0.1, 0.15) is 10.7 Å². The molecule has 0 unspecified atom stereocenters. The summed E-state index contributed by atoms with van der Waals surface area (Å²) >= 11 is 0. The summed E-state index contributed by atoms with van der Waals surface area (Å²) in [6.45, 7) is 1.80. The summed E-state index contributed by atoms with van der Waals surface area (Å²) in [6.07, 6.45) is 0.713. The highest BCUT2D eigenvalue weighted by atomic mass is 32.2. The number of hydrogen-bond acceptors (Lipinski definition) is 6. The number of ether oxygens (including phenoxy) is 1. The van der Waals surface area contributed by atoms with Crippen LogP contribution in [0.5, 0.6) is 0 Å². The Morgan fingerprint density at radius 2 is 1.83 bits per heavy atom. The largest absolute Gasteiger partial charge is 0.385 e. The number of nitrogens with zero attached hydrogens (tertiary/aromatic N) is 3. The second-order valence-corrected chi connectivity index (χ2v) is 8.99. The predicted octanol–water partition coefficient (Wildman–Crippen LogP) is -0.257. The van der Waals surface area contributed by atoms with Gasteiger partial charge < -0.3 is 15.0 Å². The smallest absolute Gasteiger partial charge is 0.246 e. The Balaban J connectivity index is 1.80. The molecule has 1 saturated heterocycles. The molecule has 0 spiro atoms. The number of sulfonamides is 1. The van der Waals surface area contributed by atoms with Crippen LogP contribution in [0.4, 0.5) is 4.39 Å². The molecule has 1 N–H and O–H groups in total. The Hall–Kier alpha value is -2.08. The SMILES string of the molecule is COCCCNC(=O)CN(C)CC(=O)N1CCN(S(=O)(=O)c2ccccc2F)CC1. The molecule has 9 nitrogen and oxygen atoms in total. The van der Waals surface area contributed by atoms with Crippen molar-refractivity contribution in [3.8, 4) is 0 Å². The van der Waals surface area contributed by atoms with Crippen LogP contribution in [0, 0.1) is 5.82 Å². The maximum absolute atomic E-state index is 13.9. The molecule has 168 valence electrons. The third kappa shape index (κ3) is 6.73. The summed E-state index contributed by atoms with van der Waals surface area (Å²) in [5.74, 6) is -1.16. The van der Waals surface area contributed by atoms with E-state index in [9.17, 15) is 22.4 Å². The number of hydrogen-bond donors (Lipinski definition) is 1. The van der Waals surface area contributed by atoms with Crippen molar-refractivity contribution >= 4 is 21.8 Å². The maximum atomic E-state index is 13.9. The molecule has 1 aromatic rings. The van der Waals surface area contributed by atoms with Gasteiger partial charge in [0.25, 0.3) is 0 Å². The average molecular weight is 445 g/mol. The first kappa shape index (κ1) is 24.2. The van der Waals surface area contributed by atoms with Crippen LogP contribution in [-0.4, -0.2) is 101 Å². The zero-order valence-electron chi connectivity index (χ0n) is 17.3. The minimum Gasteiger partial charge on any atom is -0.385 e. The lowest BCUT2D eigenvalue weighted by molar-refractivity contribution is -0.133. The van der Waals surface area contributed by atoms with Crippen LogP contribution >= 0.6 is 0 Å². The van der Waals surface area contributed by atoms with Gasteiger partial charge in [-0.2, -0.15) is 4.31 Å². The lowest BCUT2D eigenvalue weighted by Gasteiger charge is -2.34. The van der Waals surface area contributed by atoms with Crippen molar-refractivity contribution in [2.45, 2.75) is 11.3 Å². The second-order valence-electron chi connectivity index (χ2n) is 7.08. The van der Waals surface area contributed by atoms with Crippen LogP contribution in [0.25, 0.3) is 0 Å². The van der Waals surface area contributed by atoms with E-state index in [0.29, 0.717) is 19.6 Å². The minimum atomic E-state index is -3.95. The number of nitrogens with one attached hydrogen (secondary N) is 1. The molecule has 2 amide bonds. The molecule has 0 atom stereocenters. The topological polar surface area (TPSA) is 99.3 Å². The van der Waals surface area contributed by atoms with Crippen molar-refractivity contribution in [3.63, 3.8) is 0 Å². The number of methoxy groups -OCH3 is 1. The summed E-state index contributed by atoms with van der Waals surface area (Å²) < 4.78 is 45.3. The highest BCUT2D eigenvalue weighted by Gasteiger charge is 2.31. The molecular formula is C19H29FN4O5S. The summed E-state index contributed by atoms with van der Waals surface area (Å²) in [4.78, 5) is 27.1. The normalized spacial score (nSPS) is 15.4. The number of carbonyl (C=O) groups excluding carboxylic acids is 2. The molecule has 1 aliphatic rings. The van der Waals surface area contributed by atoms with Crippen LogP contribution in [0.15, 0.2) is 29.2 Å². The molecule has 1 aromatic carbocycles. The Bertz CT molecular complexity index is 828. The van der Waals surface area contributed by atoms with Crippen molar-refractivity contribution in [2.75, 3.05) is 66.6 Å². The first-order valence-corrected chi connectivity index (χ1v) is 11.2. The molecule has 1 aliphatic heterocycles. The van der Waals surface area contributed by atoms with E-state index >= 15 is 0 Å². The van der Waals surface area contributed by atoms with Gasteiger partial charge in [0, 0.05) is 46.4 Å². The number of carbonyl (C=O) groups is 2.